The fourth-order valence-electron chi connectivity index (χ4n) is 2.69. The van der Waals surface area contributed by atoms with Crippen molar-refractivity contribution < 1.29 is 9.59 Å². The molecule has 0 bridgehead atoms. The van der Waals surface area contributed by atoms with E-state index in [1.165, 1.54) is 4.90 Å². The number of amides is 2. The molecule has 1 heterocycles. The zero-order valence-electron chi connectivity index (χ0n) is 12.2. The molecule has 1 aromatic carbocycles. The van der Waals surface area contributed by atoms with E-state index < -0.39 is 11.6 Å². The molecule has 2 unspecified atom stereocenters. The van der Waals surface area contributed by atoms with Crippen LogP contribution in [0, 0.1) is 0 Å². The molecule has 0 radical (unpaired) electrons. The van der Waals surface area contributed by atoms with Gasteiger partial charge in [-0.25, -0.2) is 0 Å². The minimum atomic E-state index is -1.07. The number of nitrogens with zero attached hydrogens (tertiary/aromatic N) is 1. The Kier molecular flexibility index (Phi) is 4.37. The zero-order valence-corrected chi connectivity index (χ0v) is 13.0. The number of hydrogen-bond donors (Lipinski definition) is 1. The number of hydrogen-bond acceptors (Lipinski definition) is 2. The molecule has 2 atom stereocenters. The summed E-state index contributed by atoms with van der Waals surface area (Å²) in [6, 6.07) is 8.71. The highest BCUT2D eigenvalue weighted by atomic mass is 35.5. The molecule has 4 nitrogen and oxygen atoms in total. The van der Waals surface area contributed by atoms with E-state index in [-0.39, 0.29) is 18.4 Å². The third kappa shape index (κ3) is 2.81. The van der Waals surface area contributed by atoms with Gasteiger partial charge in [0.1, 0.15) is 11.6 Å². The molecular weight excluding hydrogens is 288 g/mol. The molecule has 2 amide bonds. The highest BCUT2D eigenvalue weighted by Gasteiger charge is 2.48. The summed E-state index contributed by atoms with van der Waals surface area (Å²) in [4.78, 5) is 26.8. The van der Waals surface area contributed by atoms with Crippen LogP contribution in [0.2, 0.25) is 0 Å². The third-order valence-corrected chi connectivity index (χ3v) is 3.94. The Morgan fingerprint density at radius 3 is 2.52 bits per heavy atom. The second-order valence-electron chi connectivity index (χ2n) is 5.35. The van der Waals surface area contributed by atoms with Crippen LogP contribution in [0.5, 0.6) is 0 Å². The van der Waals surface area contributed by atoms with Crippen molar-refractivity contribution in [3.63, 3.8) is 0 Å². The van der Waals surface area contributed by atoms with Gasteiger partial charge in [-0.1, -0.05) is 55.4 Å². The van der Waals surface area contributed by atoms with Crippen LogP contribution < -0.4 is 5.32 Å². The predicted molar refractivity (Wildman–Crippen MR) is 82.7 cm³/mol. The molecule has 1 aliphatic heterocycles. The first-order valence-corrected chi connectivity index (χ1v) is 7.30. The summed E-state index contributed by atoms with van der Waals surface area (Å²) in [5.41, 5.74) is -0.320. The van der Waals surface area contributed by atoms with Gasteiger partial charge in [0.05, 0.1) is 6.54 Å². The van der Waals surface area contributed by atoms with Crippen molar-refractivity contribution in [3.05, 3.63) is 47.5 Å². The van der Waals surface area contributed by atoms with Crippen molar-refractivity contribution in [2.24, 2.45) is 0 Å². The standard InChI is InChI=1S/C16H19ClN2O2/c1-4-13-14(20)18-16(3,12-8-6-5-7-9-12)15(21)19(13)10-11(2)17/h5-9,13H,2,4,10H2,1,3H3,(H,18,20). The predicted octanol–water partition coefficient (Wildman–Crippen LogP) is 2.39. The number of rotatable bonds is 4. The van der Waals surface area contributed by atoms with E-state index in [0.717, 1.165) is 5.56 Å². The van der Waals surface area contributed by atoms with E-state index in [1.54, 1.807) is 6.92 Å². The first-order valence-electron chi connectivity index (χ1n) is 6.92. The lowest BCUT2D eigenvalue weighted by Crippen LogP contribution is -2.67. The second kappa shape index (κ2) is 5.90. The van der Waals surface area contributed by atoms with Gasteiger partial charge in [-0.15, -0.1) is 0 Å². The molecule has 1 aromatic rings. The van der Waals surface area contributed by atoms with Crippen molar-refractivity contribution >= 4 is 23.4 Å². The van der Waals surface area contributed by atoms with E-state index in [2.05, 4.69) is 11.9 Å². The molecule has 1 saturated heterocycles. The van der Waals surface area contributed by atoms with Gasteiger partial charge in [0.15, 0.2) is 0 Å². The Bertz CT molecular complexity index is 573. The smallest absolute Gasteiger partial charge is 0.253 e. The van der Waals surface area contributed by atoms with Crippen LogP contribution >= 0.6 is 11.6 Å². The van der Waals surface area contributed by atoms with Gasteiger partial charge in [-0.2, -0.15) is 0 Å². The first kappa shape index (κ1) is 15.6. The highest BCUT2D eigenvalue weighted by Crippen LogP contribution is 2.29. The van der Waals surface area contributed by atoms with Gasteiger partial charge in [0, 0.05) is 5.03 Å². The summed E-state index contributed by atoms with van der Waals surface area (Å²) in [5.74, 6) is -0.330. The molecule has 21 heavy (non-hydrogen) atoms. The summed E-state index contributed by atoms with van der Waals surface area (Å²) >= 11 is 5.87. The zero-order chi connectivity index (χ0) is 15.6. The Labute approximate surface area is 129 Å². The summed E-state index contributed by atoms with van der Waals surface area (Å²) in [5, 5.41) is 3.20. The lowest BCUT2D eigenvalue weighted by molar-refractivity contribution is -0.154. The number of carbonyl (C=O) groups excluding carboxylic acids is 2. The largest absolute Gasteiger partial charge is 0.336 e. The van der Waals surface area contributed by atoms with Crippen LogP contribution in [0.3, 0.4) is 0 Å². The molecule has 0 aliphatic carbocycles. The van der Waals surface area contributed by atoms with Crippen LogP contribution in [0.1, 0.15) is 25.8 Å². The molecule has 5 heteroatoms. The van der Waals surface area contributed by atoms with Crippen molar-refractivity contribution in [1.29, 1.82) is 0 Å². The average molecular weight is 307 g/mol. The number of nitrogens with one attached hydrogen (secondary N) is 1. The Balaban J connectivity index is 2.44. The first-order chi connectivity index (χ1) is 9.90. The number of carbonyl (C=O) groups is 2. The van der Waals surface area contributed by atoms with E-state index >= 15 is 0 Å². The SMILES string of the molecule is C=C(Cl)CN1C(=O)C(C)(c2ccccc2)NC(=O)C1CC. The molecule has 0 saturated carbocycles. The molecule has 1 fully saturated rings. The maximum Gasteiger partial charge on any atom is 0.253 e. The van der Waals surface area contributed by atoms with Crippen LogP contribution in [-0.4, -0.2) is 29.3 Å². The molecular formula is C16H19ClN2O2. The molecule has 0 spiro atoms. The lowest BCUT2D eigenvalue weighted by Gasteiger charge is -2.44. The summed E-state index contributed by atoms with van der Waals surface area (Å²) in [6.07, 6.45) is 0.534. The number of piperazine rings is 1. The lowest BCUT2D eigenvalue weighted by atomic mass is 9.86. The topological polar surface area (TPSA) is 49.4 Å². The maximum absolute atomic E-state index is 12.9. The quantitative estimate of drug-likeness (QED) is 0.928. The highest BCUT2D eigenvalue weighted by molar-refractivity contribution is 6.29. The van der Waals surface area contributed by atoms with Crippen molar-refractivity contribution in [1.82, 2.24) is 10.2 Å². The van der Waals surface area contributed by atoms with Crippen LogP contribution in [-0.2, 0) is 15.1 Å². The van der Waals surface area contributed by atoms with E-state index in [4.69, 9.17) is 11.6 Å². The fourth-order valence-corrected chi connectivity index (χ4v) is 2.82. The van der Waals surface area contributed by atoms with Crippen molar-refractivity contribution in [3.8, 4) is 0 Å². The van der Waals surface area contributed by atoms with Crippen LogP contribution in [0.15, 0.2) is 41.9 Å². The van der Waals surface area contributed by atoms with Gasteiger partial charge in [0.2, 0.25) is 5.91 Å². The normalized spacial score (nSPS) is 25.7. The summed E-state index contributed by atoms with van der Waals surface area (Å²) < 4.78 is 0. The molecule has 1 aliphatic rings. The average Bonchev–Trinajstić information content (AvgIpc) is 2.45. The Morgan fingerprint density at radius 2 is 2.00 bits per heavy atom. The second-order valence-corrected chi connectivity index (χ2v) is 5.89. The van der Waals surface area contributed by atoms with Gasteiger partial charge in [-0.3, -0.25) is 9.59 Å². The van der Waals surface area contributed by atoms with Crippen molar-refractivity contribution in [2.75, 3.05) is 6.54 Å². The molecule has 0 aromatic heterocycles. The summed E-state index contributed by atoms with van der Waals surface area (Å²) in [6.45, 7) is 7.40. The van der Waals surface area contributed by atoms with Gasteiger partial charge < -0.3 is 10.2 Å². The minimum Gasteiger partial charge on any atom is -0.336 e. The number of halogens is 1. The molecule has 112 valence electrons. The monoisotopic (exact) mass is 306 g/mol. The van der Waals surface area contributed by atoms with Crippen LogP contribution in [0.4, 0.5) is 0 Å². The van der Waals surface area contributed by atoms with Crippen molar-refractivity contribution in [2.45, 2.75) is 31.8 Å². The Morgan fingerprint density at radius 1 is 1.38 bits per heavy atom. The fraction of sp³-hybridized carbons (Fsp3) is 0.375. The third-order valence-electron chi connectivity index (χ3n) is 3.82. The molecule has 1 N–H and O–H groups in total. The van der Waals surface area contributed by atoms with Crippen LogP contribution in [0.25, 0.3) is 0 Å². The number of benzene rings is 1. The minimum absolute atomic E-state index is 0.165. The maximum atomic E-state index is 12.9. The van der Waals surface area contributed by atoms with Gasteiger partial charge in [0.25, 0.3) is 5.91 Å². The summed E-state index contributed by atoms with van der Waals surface area (Å²) in [7, 11) is 0. The van der Waals surface area contributed by atoms with E-state index in [9.17, 15) is 9.59 Å². The molecule has 2 rings (SSSR count). The van der Waals surface area contributed by atoms with E-state index in [0.29, 0.717) is 11.5 Å². The Hall–Kier alpha value is -1.81. The van der Waals surface area contributed by atoms with Gasteiger partial charge in [-0.05, 0) is 18.9 Å². The van der Waals surface area contributed by atoms with E-state index in [1.807, 2.05) is 37.3 Å². The van der Waals surface area contributed by atoms with Gasteiger partial charge >= 0.3 is 0 Å².